The fraction of sp³-hybridized carbons (Fsp3) is 0.0833. The average molecular weight is 251 g/mol. The Hall–Kier alpha value is -1.94. The summed E-state index contributed by atoms with van der Waals surface area (Å²) in [5.74, 6) is -0.150. The molecule has 0 unspecified atom stereocenters. The monoisotopic (exact) mass is 250 g/mol. The Morgan fingerprint density at radius 3 is 2.88 bits per heavy atom. The number of anilines is 1. The van der Waals surface area contributed by atoms with Gasteiger partial charge in [-0.25, -0.2) is 0 Å². The van der Waals surface area contributed by atoms with E-state index in [4.69, 9.17) is 11.6 Å². The first-order valence-electron chi connectivity index (χ1n) is 5.06. The number of rotatable bonds is 3. The molecule has 4 nitrogen and oxygen atoms in total. The molecule has 0 fully saturated rings. The van der Waals surface area contributed by atoms with Crippen molar-refractivity contribution in [3.05, 3.63) is 47.2 Å². The van der Waals surface area contributed by atoms with Crippen molar-refractivity contribution in [2.75, 3.05) is 5.32 Å². The number of benzene rings is 1. The second kappa shape index (κ2) is 4.93. The molecule has 1 heterocycles. The van der Waals surface area contributed by atoms with Crippen LogP contribution in [-0.2, 0) is 11.2 Å². The lowest BCUT2D eigenvalue weighted by Gasteiger charge is -2.05. The number of amides is 1. The summed E-state index contributed by atoms with van der Waals surface area (Å²) in [6.07, 6.45) is 2.03. The van der Waals surface area contributed by atoms with E-state index in [1.165, 1.54) is 12.1 Å². The van der Waals surface area contributed by atoms with Gasteiger partial charge >= 0.3 is 0 Å². The minimum Gasteiger partial charge on any atom is -0.506 e. The van der Waals surface area contributed by atoms with E-state index in [9.17, 15) is 9.90 Å². The van der Waals surface area contributed by atoms with Crippen LogP contribution in [0.1, 0.15) is 5.69 Å². The van der Waals surface area contributed by atoms with Crippen LogP contribution in [0.5, 0.6) is 5.75 Å². The Morgan fingerprint density at radius 1 is 1.41 bits per heavy atom. The summed E-state index contributed by atoms with van der Waals surface area (Å²) >= 11 is 5.73. The first kappa shape index (κ1) is 11.5. The molecule has 88 valence electrons. The third-order valence-electron chi connectivity index (χ3n) is 2.24. The fourth-order valence-electron chi connectivity index (χ4n) is 1.44. The molecule has 2 aromatic rings. The van der Waals surface area contributed by atoms with Crippen LogP contribution in [0.3, 0.4) is 0 Å². The topological polar surface area (TPSA) is 65.1 Å². The Morgan fingerprint density at radius 2 is 2.24 bits per heavy atom. The maximum Gasteiger partial charge on any atom is 0.230 e. The molecule has 2 rings (SSSR count). The lowest BCUT2D eigenvalue weighted by Crippen LogP contribution is -2.14. The van der Waals surface area contributed by atoms with Gasteiger partial charge in [0.1, 0.15) is 5.75 Å². The number of carbonyl (C=O) groups is 1. The number of H-pyrrole nitrogens is 1. The largest absolute Gasteiger partial charge is 0.506 e. The van der Waals surface area contributed by atoms with E-state index in [1.54, 1.807) is 12.3 Å². The fourth-order valence-corrected chi connectivity index (χ4v) is 1.62. The zero-order valence-electron chi connectivity index (χ0n) is 8.90. The number of halogens is 1. The molecular formula is C12H11ClN2O2. The second-order valence-corrected chi connectivity index (χ2v) is 3.99. The van der Waals surface area contributed by atoms with Crippen LogP contribution in [0.15, 0.2) is 36.5 Å². The van der Waals surface area contributed by atoms with Gasteiger partial charge in [0, 0.05) is 17.6 Å². The second-order valence-electron chi connectivity index (χ2n) is 3.59. The molecule has 3 N–H and O–H groups in total. The van der Waals surface area contributed by atoms with Gasteiger partial charge < -0.3 is 15.4 Å². The first-order valence-corrected chi connectivity index (χ1v) is 5.43. The molecule has 0 aliphatic rings. The van der Waals surface area contributed by atoms with Crippen LogP contribution < -0.4 is 5.32 Å². The lowest BCUT2D eigenvalue weighted by molar-refractivity contribution is -0.115. The molecular weight excluding hydrogens is 240 g/mol. The van der Waals surface area contributed by atoms with Crippen molar-refractivity contribution in [1.82, 2.24) is 4.98 Å². The van der Waals surface area contributed by atoms with Gasteiger partial charge in [0.25, 0.3) is 0 Å². The summed E-state index contributed by atoms with van der Waals surface area (Å²) in [5, 5.41) is 12.1. The number of carbonyl (C=O) groups excluding carboxylic acids is 1. The molecule has 0 saturated heterocycles. The number of aromatic hydroxyl groups is 1. The van der Waals surface area contributed by atoms with Gasteiger partial charge in [-0.3, -0.25) is 4.79 Å². The van der Waals surface area contributed by atoms with Crippen molar-refractivity contribution in [1.29, 1.82) is 0 Å². The lowest BCUT2D eigenvalue weighted by atomic mass is 10.2. The number of hydrogen-bond acceptors (Lipinski definition) is 2. The highest BCUT2D eigenvalue weighted by Crippen LogP contribution is 2.26. The Balaban J connectivity index is 2.00. The van der Waals surface area contributed by atoms with E-state index in [1.807, 2.05) is 12.1 Å². The quantitative estimate of drug-likeness (QED) is 0.733. The molecule has 0 aliphatic carbocycles. The molecule has 5 heteroatoms. The number of nitrogens with one attached hydrogen (secondary N) is 2. The third kappa shape index (κ3) is 3.01. The molecule has 0 aliphatic heterocycles. The van der Waals surface area contributed by atoms with Crippen LogP contribution in [0.25, 0.3) is 0 Å². The van der Waals surface area contributed by atoms with E-state index in [0.29, 0.717) is 5.69 Å². The van der Waals surface area contributed by atoms with E-state index >= 15 is 0 Å². The zero-order valence-corrected chi connectivity index (χ0v) is 9.66. The van der Waals surface area contributed by atoms with Gasteiger partial charge in [-0.2, -0.15) is 0 Å². The molecule has 0 saturated carbocycles. The van der Waals surface area contributed by atoms with Gasteiger partial charge in [0.2, 0.25) is 5.91 Å². The summed E-state index contributed by atoms with van der Waals surface area (Å²) in [6.45, 7) is 0. The maximum atomic E-state index is 11.6. The van der Waals surface area contributed by atoms with Crippen molar-refractivity contribution in [3.63, 3.8) is 0 Å². The Labute approximate surface area is 103 Å². The molecule has 0 spiro atoms. The normalized spacial score (nSPS) is 10.2. The van der Waals surface area contributed by atoms with Gasteiger partial charge in [0.05, 0.1) is 11.4 Å². The summed E-state index contributed by atoms with van der Waals surface area (Å²) in [4.78, 5) is 14.6. The van der Waals surface area contributed by atoms with Crippen molar-refractivity contribution < 1.29 is 9.90 Å². The van der Waals surface area contributed by atoms with Crippen molar-refractivity contribution >= 4 is 23.2 Å². The van der Waals surface area contributed by atoms with E-state index in [-0.39, 0.29) is 23.1 Å². The van der Waals surface area contributed by atoms with Crippen molar-refractivity contribution in [2.45, 2.75) is 6.42 Å². The van der Waals surface area contributed by atoms with Gasteiger partial charge in [-0.05, 0) is 30.3 Å². The number of phenolic OH excluding ortho intramolecular Hbond substituents is 1. The first-order chi connectivity index (χ1) is 8.15. The molecule has 0 bridgehead atoms. The number of aromatic amines is 1. The van der Waals surface area contributed by atoms with Crippen LogP contribution in [0.4, 0.5) is 5.69 Å². The average Bonchev–Trinajstić information content (AvgIpc) is 2.76. The minimum atomic E-state index is -0.144. The predicted molar refractivity (Wildman–Crippen MR) is 66.2 cm³/mol. The molecule has 0 atom stereocenters. The highest BCUT2D eigenvalue weighted by molar-refractivity contribution is 6.32. The summed E-state index contributed by atoms with van der Waals surface area (Å²) in [6, 6.07) is 8.20. The molecule has 0 radical (unpaired) electrons. The third-order valence-corrected chi connectivity index (χ3v) is 2.55. The van der Waals surface area contributed by atoms with Crippen LogP contribution >= 0.6 is 11.6 Å². The number of phenols is 1. The zero-order chi connectivity index (χ0) is 12.3. The molecule has 1 aromatic heterocycles. The Bertz CT molecular complexity index is 523. The highest BCUT2D eigenvalue weighted by Gasteiger charge is 2.06. The summed E-state index contributed by atoms with van der Waals surface area (Å²) in [7, 11) is 0. The van der Waals surface area contributed by atoms with E-state index < -0.39 is 0 Å². The maximum absolute atomic E-state index is 11.6. The molecule has 17 heavy (non-hydrogen) atoms. The summed E-state index contributed by atoms with van der Waals surface area (Å²) in [5.41, 5.74) is 1.40. The summed E-state index contributed by atoms with van der Waals surface area (Å²) < 4.78 is 0. The Kier molecular flexibility index (Phi) is 3.35. The standard InChI is InChI=1S/C12H11ClN2O2/c13-10-6-9(3-4-11(10)16)15-12(17)7-8-2-1-5-14-8/h1-6,14,16H,7H2,(H,15,17). The van der Waals surface area contributed by atoms with Crippen LogP contribution in [0.2, 0.25) is 5.02 Å². The van der Waals surface area contributed by atoms with E-state index in [0.717, 1.165) is 5.69 Å². The van der Waals surface area contributed by atoms with Crippen molar-refractivity contribution in [2.24, 2.45) is 0 Å². The van der Waals surface area contributed by atoms with Gasteiger partial charge in [-0.1, -0.05) is 11.6 Å². The van der Waals surface area contributed by atoms with Gasteiger partial charge in [-0.15, -0.1) is 0 Å². The smallest absolute Gasteiger partial charge is 0.230 e. The molecule has 1 aromatic carbocycles. The predicted octanol–water partition coefficient (Wildman–Crippen LogP) is 2.55. The van der Waals surface area contributed by atoms with E-state index in [2.05, 4.69) is 10.3 Å². The van der Waals surface area contributed by atoms with Crippen LogP contribution in [0, 0.1) is 0 Å². The van der Waals surface area contributed by atoms with Crippen molar-refractivity contribution in [3.8, 4) is 5.75 Å². The minimum absolute atomic E-state index is 0.00552. The van der Waals surface area contributed by atoms with Gasteiger partial charge in [0.15, 0.2) is 0 Å². The number of hydrogen-bond donors (Lipinski definition) is 3. The SMILES string of the molecule is O=C(Cc1ccc[nH]1)Nc1ccc(O)c(Cl)c1. The highest BCUT2D eigenvalue weighted by atomic mass is 35.5. The molecule has 1 amide bonds. The van der Waals surface area contributed by atoms with Crippen LogP contribution in [-0.4, -0.2) is 16.0 Å². The number of aromatic nitrogens is 1.